The second-order valence-corrected chi connectivity index (χ2v) is 5.47. The van der Waals surface area contributed by atoms with Gasteiger partial charge in [0.2, 0.25) is 0 Å². The van der Waals surface area contributed by atoms with Crippen LogP contribution in [-0.4, -0.2) is 16.1 Å². The van der Waals surface area contributed by atoms with Crippen molar-refractivity contribution in [2.24, 2.45) is 5.92 Å². The van der Waals surface area contributed by atoms with Crippen molar-refractivity contribution in [2.75, 3.05) is 11.9 Å². The van der Waals surface area contributed by atoms with Gasteiger partial charge in [-0.25, -0.2) is 4.98 Å². The molecule has 1 aromatic carbocycles. The molecule has 1 N–H and O–H groups in total. The summed E-state index contributed by atoms with van der Waals surface area (Å²) in [5.74, 6) is 0.775. The summed E-state index contributed by atoms with van der Waals surface area (Å²) in [6.45, 7) is 1.94. The minimum Gasteiger partial charge on any atom is -0.385 e. The highest BCUT2D eigenvalue weighted by molar-refractivity contribution is 5.45. The Morgan fingerprint density at radius 3 is 3.10 bits per heavy atom. The monoisotopic (exact) mass is 267 g/mol. The Morgan fingerprint density at radius 1 is 1.30 bits per heavy atom. The average molecular weight is 267 g/mol. The number of benzene rings is 1. The fourth-order valence-corrected chi connectivity index (χ4v) is 2.67. The second-order valence-electron chi connectivity index (χ2n) is 5.47. The van der Waals surface area contributed by atoms with E-state index in [1.807, 2.05) is 18.7 Å². The summed E-state index contributed by atoms with van der Waals surface area (Å²) in [6, 6.07) is 8.67. The van der Waals surface area contributed by atoms with Crippen LogP contribution in [0.25, 0.3) is 0 Å². The average Bonchev–Trinajstić information content (AvgIpc) is 3.00. The highest BCUT2D eigenvalue weighted by Gasteiger charge is 2.09. The lowest BCUT2D eigenvalue weighted by Gasteiger charge is -2.19. The zero-order valence-electron chi connectivity index (χ0n) is 11.7. The lowest BCUT2D eigenvalue weighted by atomic mass is 9.94. The first kappa shape index (κ1) is 13.0. The van der Waals surface area contributed by atoms with Crippen LogP contribution >= 0.6 is 0 Å². The predicted molar refractivity (Wildman–Crippen MR) is 82.7 cm³/mol. The van der Waals surface area contributed by atoms with Gasteiger partial charge in [-0.2, -0.15) is 0 Å². The normalized spacial score (nSPS) is 18.1. The molecule has 0 amide bonds. The number of nitrogens with zero attached hydrogens (tertiary/aromatic N) is 2. The fourth-order valence-electron chi connectivity index (χ4n) is 2.67. The number of anilines is 1. The van der Waals surface area contributed by atoms with Gasteiger partial charge >= 0.3 is 0 Å². The molecule has 0 bridgehead atoms. The van der Waals surface area contributed by atoms with Crippen LogP contribution in [0.2, 0.25) is 0 Å². The van der Waals surface area contributed by atoms with Gasteiger partial charge in [0.25, 0.3) is 0 Å². The molecule has 3 rings (SSSR count). The summed E-state index contributed by atoms with van der Waals surface area (Å²) in [5, 5.41) is 3.58. The lowest BCUT2D eigenvalue weighted by Crippen LogP contribution is -2.15. The zero-order valence-corrected chi connectivity index (χ0v) is 11.7. The molecule has 1 atom stereocenters. The van der Waals surface area contributed by atoms with Gasteiger partial charge in [-0.15, -0.1) is 0 Å². The van der Waals surface area contributed by atoms with Gasteiger partial charge in [0.05, 0.1) is 6.33 Å². The molecular weight excluding hydrogens is 246 g/mol. The number of hydrogen-bond acceptors (Lipinski definition) is 2. The molecule has 1 unspecified atom stereocenters. The van der Waals surface area contributed by atoms with Gasteiger partial charge in [0, 0.05) is 31.2 Å². The summed E-state index contributed by atoms with van der Waals surface area (Å²) in [5.41, 5.74) is 2.52. The third-order valence-corrected chi connectivity index (χ3v) is 3.82. The molecule has 104 valence electrons. The van der Waals surface area contributed by atoms with E-state index in [-0.39, 0.29) is 0 Å². The van der Waals surface area contributed by atoms with Crippen molar-refractivity contribution >= 4 is 5.69 Å². The Bertz CT molecular complexity index is 557. The summed E-state index contributed by atoms with van der Waals surface area (Å²) < 4.78 is 2.09. The molecule has 3 nitrogen and oxygen atoms in total. The highest BCUT2D eigenvalue weighted by Crippen LogP contribution is 2.19. The Kier molecular flexibility index (Phi) is 4.16. The molecule has 1 aliphatic rings. The second kappa shape index (κ2) is 6.42. The minimum absolute atomic E-state index is 0.775. The molecule has 3 heteroatoms. The molecule has 2 aromatic rings. The largest absolute Gasteiger partial charge is 0.385 e. The minimum atomic E-state index is 0.775. The maximum atomic E-state index is 4.08. The number of aromatic nitrogens is 2. The van der Waals surface area contributed by atoms with E-state index in [0.29, 0.717) is 0 Å². The standard InChI is InChI=1S/C17H21N3/c1-2-5-15(6-3-1)12-19-17-8-4-7-16(11-17)13-20-10-9-18-14-20/h1-2,4,7-11,14-15,19H,3,5-6,12-13H2. The Morgan fingerprint density at radius 2 is 2.30 bits per heavy atom. The van der Waals surface area contributed by atoms with E-state index in [4.69, 9.17) is 0 Å². The van der Waals surface area contributed by atoms with Gasteiger partial charge in [0.15, 0.2) is 0 Å². The fraction of sp³-hybridized carbons (Fsp3) is 0.353. The molecule has 1 heterocycles. The number of allylic oxidation sites excluding steroid dienone is 2. The van der Waals surface area contributed by atoms with Crippen molar-refractivity contribution in [3.05, 3.63) is 60.7 Å². The molecule has 1 aromatic heterocycles. The van der Waals surface area contributed by atoms with Crippen LogP contribution in [-0.2, 0) is 6.54 Å². The summed E-state index contributed by atoms with van der Waals surface area (Å²) >= 11 is 0. The van der Waals surface area contributed by atoms with Crippen LogP contribution in [0.1, 0.15) is 24.8 Å². The molecule has 0 fully saturated rings. The van der Waals surface area contributed by atoms with Crippen LogP contribution in [0.5, 0.6) is 0 Å². The van der Waals surface area contributed by atoms with Crippen molar-refractivity contribution in [3.63, 3.8) is 0 Å². The van der Waals surface area contributed by atoms with E-state index >= 15 is 0 Å². The first-order chi connectivity index (χ1) is 9.90. The highest BCUT2D eigenvalue weighted by atomic mass is 15.0. The quantitative estimate of drug-likeness (QED) is 0.837. The smallest absolute Gasteiger partial charge is 0.0949 e. The SMILES string of the molecule is C1=CCC(CNc2cccc(Cn3ccnc3)c2)CC1. The van der Waals surface area contributed by atoms with Crippen molar-refractivity contribution < 1.29 is 0 Å². The van der Waals surface area contributed by atoms with Gasteiger partial charge in [-0.1, -0.05) is 24.3 Å². The first-order valence-corrected chi connectivity index (χ1v) is 7.34. The van der Waals surface area contributed by atoms with Crippen molar-refractivity contribution in [3.8, 4) is 0 Å². The van der Waals surface area contributed by atoms with Gasteiger partial charge in [-0.3, -0.25) is 0 Å². The number of hydrogen-bond donors (Lipinski definition) is 1. The third kappa shape index (κ3) is 3.50. The molecular formula is C17H21N3. The van der Waals surface area contributed by atoms with Crippen LogP contribution < -0.4 is 5.32 Å². The van der Waals surface area contributed by atoms with Gasteiger partial charge in [-0.05, 0) is 42.9 Å². The number of imidazole rings is 1. The van der Waals surface area contributed by atoms with Crippen molar-refractivity contribution in [1.29, 1.82) is 0 Å². The first-order valence-electron chi connectivity index (χ1n) is 7.34. The molecule has 0 spiro atoms. The predicted octanol–water partition coefficient (Wildman–Crippen LogP) is 3.70. The topological polar surface area (TPSA) is 29.9 Å². The summed E-state index contributed by atoms with van der Waals surface area (Å²) in [4.78, 5) is 4.08. The summed E-state index contributed by atoms with van der Waals surface area (Å²) in [6.07, 6.45) is 14.0. The Labute approximate surface area is 120 Å². The maximum Gasteiger partial charge on any atom is 0.0949 e. The molecule has 20 heavy (non-hydrogen) atoms. The third-order valence-electron chi connectivity index (χ3n) is 3.82. The molecule has 1 aliphatic carbocycles. The lowest BCUT2D eigenvalue weighted by molar-refractivity contribution is 0.504. The molecule has 0 radical (unpaired) electrons. The van der Waals surface area contributed by atoms with E-state index < -0.39 is 0 Å². The van der Waals surface area contributed by atoms with Crippen LogP contribution in [0, 0.1) is 5.92 Å². The Balaban J connectivity index is 1.58. The van der Waals surface area contributed by atoms with E-state index in [0.717, 1.165) is 19.0 Å². The maximum absolute atomic E-state index is 4.08. The van der Waals surface area contributed by atoms with Gasteiger partial charge in [0.1, 0.15) is 0 Å². The van der Waals surface area contributed by atoms with Crippen LogP contribution in [0.3, 0.4) is 0 Å². The van der Waals surface area contributed by atoms with Crippen molar-refractivity contribution in [2.45, 2.75) is 25.8 Å². The number of nitrogens with one attached hydrogen (secondary N) is 1. The van der Waals surface area contributed by atoms with E-state index in [9.17, 15) is 0 Å². The molecule has 0 saturated heterocycles. The van der Waals surface area contributed by atoms with E-state index in [2.05, 4.69) is 51.3 Å². The van der Waals surface area contributed by atoms with Gasteiger partial charge < -0.3 is 9.88 Å². The molecule has 0 saturated carbocycles. The number of rotatable bonds is 5. The van der Waals surface area contributed by atoms with Crippen LogP contribution in [0.15, 0.2) is 55.1 Å². The molecule has 0 aliphatic heterocycles. The van der Waals surface area contributed by atoms with Crippen molar-refractivity contribution in [1.82, 2.24) is 9.55 Å². The zero-order chi connectivity index (χ0) is 13.6. The van der Waals surface area contributed by atoms with E-state index in [1.165, 1.54) is 30.5 Å². The van der Waals surface area contributed by atoms with E-state index in [1.54, 1.807) is 0 Å². The Hall–Kier alpha value is -2.03. The summed E-state index contributed by atoms with van der Waals surface area (Å²) in [7, 11) is 0. The van der Waals surface area contributed by atoms with Crippen LogP contribution in [0.4, 0.5) is 5.69 Å².